The van der Waals surface area contributed by atoms with Gasteiger partial charge in [0.05, 0.1) is 41.5 Å². The van der Waals surface area contributed by atoms with E-state index in [4.69, 9.17) is 19.2 Å². The van der Waals surface area contributed by atoms with Gasteiger partial charge in [0.2, 0.25) is 33.8 Å². The van der Waals surface area contributed by atoms with Crippen LogP contribution in [0.25, 0.3) is 10.9 Å². The largest absolute Gasteiger partial charge is 0.496 e. The van der Waals surface area contributed by atoms with Crippen LogP contribution in [0.5, 0.6) is 17.4 Å². The lowest BCUT2D eigenvalue weighted by molar-refractivity contribution is -0.140. The Morgan fingerprint density at radius 3 is 2.62 bits per heavy atom. The first-order valence-corrected chi connectivity index (χ1v) is 19.7. The number of amides is 2. The van der Waals surface area contributed by atoms with Gasteiger partial charge in [-0.1, -0.05) is 25.0 Å². The molecule has 2 aromatic rings. The second kappa shape index (κ2) is 14.6. The Balaban J connectivity index is 1.34. The highest BCUT2D eigenvalue weighted by atomic mass is 32.2. The molecule has 0 unspecified atom stereocenters. The highest BCUT2D eigenvalue weighted by Crippen LogP contribution is 2.57. The molecule has 2 aliphatic carbocycles. The van der Waals surface area contributed by atoms with Crippen molar-refractivity contribution in [1.29, 1.82) is 0 Å². The molecule has 2 saturated carbocycles. The van der Waals surface area contributed by atoms with Crippen LogP contribution >= 0.6 is 0 Å². The predicted molar refractivity (Wildman–Crippen MR) is 192 cm³/mol. The number of carbonyl (C=O) groups is 3. The minimum absolute atomic E-state index is 0.0225. The van der Waals surface area contributed by atoms with Crippen LogP contribution in [-0.2, 0) is 29.2 Å². The maximum atomic E-state index is 14.4. The third-order valence-electron chi connectivity index (χ3n) is 11.0. The molecule has 3 fully saturated rings. The number of nitrogens with one attached hydrogen (secondary N) is 1. The van der Waals surface area contributed by atoms with E-state index in [-0.39, 0.29) is 37.2 Å². The fourth-order valence-electron chi connectivity index (χ4n) is 7.47. The molecule has 13 nitrogen and oxygen atoms in total. The van der Waals surface area contributed by atoms with Crippen LogP contribution in [0.2, 0.25) is 0 Å². The number of aromatic nitrogens is 1. The number of sulfonamides is 1. The Morgan fingerprint density at radius 2 is 1.92 bits per heavy atom. The molecular weight excluding hydrogens is 689 g/mol. The number of isocyanates is 1. The number of carbonyl (C=O) groups excluding carboxylic acids is 4. The van der Waals surface area contributed by atoms with Crippen molar-refractivity contribution in [3.8, 4) is 17.4 Å². The van der Waals surface area contributed by atoms with Gasteiger partial charge in [0.1, 0.15) is 23.6 Å². The molecule has 1 saturated heterocycles. The standard InChI is InChI=1S/C38H48N4O9S/c1-23(2)50-33-18-32(27-13-14-31(49-5)24(3)34(27)40-33)51-26-17-29-30(44)20-38(36(46)41-52(47,48)37(4)15-16-37)19-25(38)11-9-7-6-8-10-12-28(39-22-43)35(45)42(29)21-26/h9,11,13-14,18,23,25-26,28-29H,6-8,10,12,15-17,19-21H2,1-5H3,(H,41,46)/b11-9-/t25-,26-,28+,29+,38-/m1/s1. The number of fused-ring (bicyclic) bond motifs is 3. The van der Waals surface area contributed by atoms with E-state index >= 15 is 0 Å². The number of nitrogens with zero attached hydrogens (tertiary/aromatic N) is 3. The Labute approximate surface area is 304 Å². The molecule has 0 bridgehead atoms. The Kier molecular flexibility index (Phi) is 10.5. The summed E-state index contributed by atoms with van der Waals surface area (Å²) in [6, 6.07) is 3.32. The van der Waals surface area contributed by atoms with Crippen molar-refractivity contribution in [3.05, 3.63) is 35.9 Å². The van der Waals surface area contributed by atoms with Crippen LogP contribution < -0.4 is 18.9 Å². The molecular formula is C38H48N4O9S. The summed E-state index contributed by atoms with van der Waals surface area (Å²) in [7, 11) is -2.36. The summed E-state index contributed by atoms with van der Waals surface area (Å²) in [5.74, 6) is -0.451. The minimum Gasteiger partial charge on any atom is -0.496 e. The Hall–Kier alpha value is -4.29. The van der Waals surface area contributed by atoms with E-state index in [0.717, 1.165) is 24.8 Å². The number of rotatable bonds is 9. The summed E-state index contributed by atoms with van der Waals surface area (Å²) in [5.41, 5.74) is 0.136. The first-order chi connectivity index (χ1) is 24.7. The number of allylic oxidation sites excluding steroid dienone is 2. The van der Waals surface area contributed by atoms with Crippen LogP contribution in [0.15, 0.2) is 35.3 Å². The molecule has 2 amide bonds. The molecule has 0 spiro atoms. The number of Topliss-reactive ketones (excluding diaryl/α,β-unsaturated/α-hetero) is 1. The molecule has 52 heavy (non-hydrogen) atoms. The number of pyridine rings is 1. The van der Waals surface area contributed by atoms with Gasteiger partial charge in [0.15, 0.2) is 5.78 Å². The molecule has 1 N–H and O–H groups in total. The third-order valence-corrected chi connectivity index (χ3v) is 13.2. The molecule has 14 heteroatoms. The van der Waals surface area contributed by atoms with Crippen LogP contribution in [0.1, 0.15) is 90.5 Å². The first-order valence-electron chi connectivity index (χ1n) is 18.2. The molecule has 1 aromatic carbocycles. The van der Waals surface area contributed by atoms with Gasteiger partial charge in [-0.05, 0) is 84.3 Å². The fraction of sp³-hybridized carbons (Fsp3) is 0.605. The minimum atomic E-state index is -3.94. The van der Waals surface area contributed by atoms with Crippen LogP contribution in [0.4, 0.5) is 0 Å². The number of aryl methyl sites for hydroxylation is 1. The van der Waals surface area contributed by atoms with Crippen molar-refractivity contribution in [2.75, 3.05) is 13.7 Å². The van der Waals surface area contributed by atoms with Crippen molar-refractivity contribution >= 4 is 44.6 Å². The second-order valence-corrected chi connectivity index (χ2v) is 17.4. The maximum Gasteiger partial charge on any atom is 0.249 e. The molecule has 3 heterocycles. The van der Waals surface area contributed by atoms with E-state index in [1.54, 1.807) is 26.2 Å². The van der Waals surface area contributed by atoms with Crippen LogP contribution in [0.3, 0.4) is 0 Å². The SMILES string of the molecule is COc1ccc2c(O[C@@H]3C[C@H]4C(=O)C[C@]5(C(=O)NS(=O)(=O)C6(C)CC6)C[C@H]5/C=C\CCCCC[C@H](N=C=O)C(=O)N4C3)cc(OC(C)C)nc2c1C. The molecule has 1 aromatic heterocycles. The summed E-state index contributed by atoms with van der Waals surface area (Å²) < 4.78 is 45.6. The van der Waals surface area contributed by atoms with Crippen LogP contribution in [0, 0.1) is 18.3 Å². The maximum absolute atomic E-state index is 14.4. The second-order valence-electron chi connectivity index (χ2n) is 15.2. The summed E-state index contributed by atoms with van der Waals surface area (Å²) in [4.78, 5) is 63.9. The smallest absolute Gasteiger partial charge is 0.249 e. The topological polar surface area (TPSA) is 171 Å². The zero-order valence-corrected chi connectivity index (χ0v) is 31.3. The highest BCUT2D eigenvalue weighted by Gasteiger charge is 2.62. The number of hydrogen-bond donors (Lipinski definition) is 1. The lowest BCUT2D eigenvalue weighted by atomic mass is 9.91. The van der Waals surface area contributed by atoms with Crippen molar-refractivity contribution < 1.29 is 41.8 Å². The number of benzene rings is 1. The molecule has 4 aliphatic rings. The lowest BCUT2D eigenvalue weighted by Gasteiger charge is -2.27. The average molecular weight is 737 g/mol. The Morgan fingerprint density at radius 1 is 1.15 bits per heavy atom. The van der Waals surface area contributed by atoms with Gasteiger partial charge in [-0.3, -0.25) is 19.1 Å². The number of methoxy groups -OCH3 is 1. The van der Waals surface area contributed by atoms with Crippen molar-refractivity contribution in [3.63, 3.8) is 0 Å². The highest BCUT2D eigenvalue weighted by molar-refractivity contribution is 7.91. The van der Waals surface area contributed by atoms with E-state index in [2.05, 4.69) is 9.71 Å². The van der Waals surface area contributed by atoms with Gasteiger partial charge in [0.25, 0.3) is 0 Å². The quantitative estimate of drug-likeness (QED) is 0.213. The summed E-state index contributed by atoms with van der Waals surface area (Å²) in [6.07, 6.45) is 8.97. The van der Waals surface area contributed by atoms with E-state index in [1.165, 1.54) is 4.90 Å². The predicted octanol–water partition coefficient (Wildman–Crippen LogP) is 4.88. The van der Waals surface area contributed by atoms with Crippen molar-refractivity contribution in [2.45, 2.75) is 121 Å². The Bertz CT molecular complexity index is 1940. The van der Waals surface area contributed by atoms with Gasteiger partial charge in [0, 0.05) is 29.9 Å². The van der Waals surface area contributed by atoms with Crippen molar-refractivity contribution in [2.24, 2.45) is 16.3 Å². The van der Waals surface area contributed by atoms with Gasteiger partial charge in [-0.2, -0.15) is 4.99 Å². The zero-order valence-electron chi connectivity index (χ0n) is 30.5. The van der Waals surface area contributed by atoms with Crippen molar-refractivity contribution in [1.82, 2.24) is 14.6 Å². The monoisotopic (exact) mass is 736 g/mol. The van der Waals surface area contributed by atoms with Gasteiger partial charge in [-0.25, -0.2) is 18.2 Å². The van der Waals surface area contributed by atoms with E-state index in [1.807, 2.05) is 45.1 Å². The number of ketones is 1. The molecule has 6 rings (SSSR count). The van der Waals surface area contributed by atoms with Gasteiger partial charge < -0.3 is 19.1 Å². The van der Waals surface area contributed by atoms with Crippen LogP contribution in [-0.4, -0.2) is 84.7 Å². The fourth-order valence-corrected chi connectivity index (χ4v) is 8.81. The average Bonchev–Trinajstić information content (AvgIpc) is 3.97. The van der Waals surface area contributed by atoms with E-state index < -0.39 is 50.2 Å². The third kappa shape index (κ3) is 7.45. The summed E-state index contributed by atoms with van der Waals surface area (Å²) in [5, 5.41) is 0.689. The lowest BCUT2D eigenvalue weighted by Crippen LogP contribution is -2.47. The normalized spacial score (nSPS) is 28.1. The zero-order chi connectivity index (χ0) is 37.4. The van der Waals surface area contributed by atoms with Gasteiger partial charge >= 0.3 is 0 Å². The first kappa shape index (κ1) is 37.5. The van der Waals surface area contributed by atoms with Gasteiger partial charge in [-0.15, -0.1) is 0 Å². The summed E-state index contributed by atoms with van der Waals surface area (Å²) in [6.45, 7) is 7.29. The molecule has 5 atom stereocenters. The number of hydrogen-bond acceptors (Lipinski definition) is 11. The number of aliphatic imine (C=N–C) groups is 1. The van der Waals surface area contributed by atoms with E-state index in [0.29, 0.717) is 60.4 Å². The molecule has 0 radical (unpaired) electrons. The summed E-state index contributed by atoms with van der Waals surface area (Å²) >= 11 is 0. The molecule has 280 valence electrons. The van der Waals surface area contributed by atoms with E-state index in [9.17, 15) is 27.6 Å². The molecule has 2 aliphatic heterocycles. The number of ether oxygens (including phenoxy) is 3.